The molecule has 2 atom stereocenters. The Hall–Kier alpha value is -1.76. The minimum absolute atomic E-state index is 0.313. The zero-order chi connectivity index (χ0) is 11.7. The van der Waals surface area contributed by atoms with Crippen molar-refractivity contribution in [2.24, 2.45) is 0 Å². The molecular formula is C10H14N6O. The van der Waals surface area contributed by atoms with Crippen molar-refractivity contribution < 1.29 is 4.52 Å². The van der Waals surface area contributed by atoms with Gasteiger partial charge in [0.1, 0.15) is 0 Å². The Bertz CT molecular complexity index is 479. The first-order valence-electron chi connectivity index (χ1n) is 5.75. The molecule has 1 saturated carbocycles. The van der Waals surface area contributed by atoms with E-state index in [-0.39, 0.29) is 0 Å². The molecule has 17 heavy (non-hydrogen) atoms. The predicted octanol–water partition coefficient (Wildman–Crippen LogP) is 0.710. The number of aromatic nitrogens is 5. The standard InChI is InChI=1S/C10H14N6O/c1-11-7-4-2-3-6(7)10-13-9(15-17-10)8-5-12-16-14-8/h5-7,11H,2-4H2,1H3,(H,12,14,16). The van der Waals surface area contributed by atoms with E-state index in [1.54, 1.807) is 6.20 Å². The lowest BCUT2D eigenvalue weighted by molar-refractivity contribution is 0.335. The molecule has 2 unspecified atom stereocenters. The van der Waals surface area contributed by atoms with Gasteiger partial charge in [-0.1, -0.05) is 11.6 Å². The third-order valence-electron chi connectivity index (χ3n) is 3.29. The van der Waals surface area contributed by atoms with Gasteiger partial charge >= 0.3 is 0 Å². The number of hydrogen-bond acceptors (Lipinski definition) is 6. The van der Waals surface area contributed by atoms with E-state index in [0.29, 0.717) is 29.4 Å². The predicted molar refractivity (Wildman–Crippen MR) is 59.1 cm³/mol. The van der Waals surface area contributed by atoms with Crippen molar-refractivity contribution >= 4 is 0 Å². The van der Waals surface area contributed by atoms with Crippen LogP contribution in [0.3, 0.4) is 0 Å². The summed E-state index contributed by atoms with van der Waals surface area (Å²) in [5.41, 5.74) is 0.610. The first kappa shape index (κ1) is 10.4. The van der Waals surface area contributed by atoms with Gasteiger partial charge in [-0.15, -0.1) is 0 Å². The van der Waals surface area contributed by atoms with Gasteiger partial charge in [0.25, 0.3) is 0 Å². The maximum absolute atomic E-state index is 5.32. The average Bonchev–Trinajstić information content (AvgIpc) is 3.09. The van der Waals surface area contributed by atoms with Crippen molar-refractivity contribution in [3.05, 3.63) is 12.1 Å². The maximum atomic E-state index is 5.32. The largest absolute Gasteiger partial charge is 0.339 e. The summed E-state index contributed by atoms with van der Waals surface area (Å²) in [4.78, 5) is 4.39. The number of nitrogens with one attached hydrogen (secondary N) is 2. The lowest BCUT2D eigenvalue weighted by Crippen LogP contribution is -2.27. The molecule has 0 radical (unpaired) electrons. The van der Waals surface area contributed by atoms with Crippen LogP contribution in [-0.4, -0.2) is 38.6 Å². The molecule has 0 aliphatic heterocycles. The number of H-pyrrole nitrogens is 1. The highest BCUT2D eigenvalue weighted by Crippen LogP contribution is 2.34. The second kappa shape index (κ2) is 4.25. The SMILES string of the molecule is CNC1CCCC1c1nc(-c2cn[nH]n2)no1. The average molecular weight is 234 g/mol. The van der Waals surface area contributed by atoms with Crippen LogP contribution < -0.4 is 5.32 Å². The fourth-order valence-corrected chi connectivity index (χ4v) is 2.40. The molecule has 0 bridgehead atoms. The van der Waals surface area contributed by atoms with Gasteiger partial charge in [-0.2, -0.15) is 20.4 Å². The van der Waals surface area contributed by atoms with E-state index in [9.17, 15) is 0 Å². The van der Waals surface area contributed by atoms with E-state index in [0.717, 1.165) is 12.8 Å². The molecule has 0 spiro atoms. The third kappa shape index (κ3) is 1.82. The maximum Gasteiger partial charge on any atom is 0.231 e. The van der Waals surface area contributed by atoms with Crippen molar-refractivity contribution in [3.8, 4) is 11.5 Å². The topological polar surface area (TPSA) is 92.5 Å². The van der Waals surface area contributed by atoms with Crippen molar-refractivity contribution in [3.63, 3.8) is 0 Å². The fourth-order valence-electron chi connectivity index (χ4n) is 2.40. The fraction of sp³-hybridized carbons (Fsp3) is 0.600. The molecule has 1 aliphatic rings. The zero-order valence-electron chi connectivity index (χ0n) is 9.55. The zero-order valence-corrected chi connectivity index (χ0v) is 9.55. The van der Waals surface area contributed by atoms with Gasteiger partial charge in [-0.05, 0) is 19.9 Å². The molecule has 1 fully saturated rings. The first-order valence-corrected chi connectivity index (χ1v) is 5.75. The van der Waals surface area contributed by atoms with Crippen molar-refractivity contribution in [2.75, 3.05) is 7.05 Å². The minimum Gasteiger partial charge on any atom is -0.339 e. The molecule has 2 N–H and O–H groups in total. The molecule has 0 aromatic carbocycles. The summed E-state index contributed by atoms with van der Waals surface area (Å²) < 4.78 is 5.32. The number of likely N-dealkylation sites (N-methyl/N-ethyl adjacent to an activating group) is 1. The molecule has 2 aromatic rings. The molecule has 7 heteroatoms. The Morgan fingerprint density at radius 2 is 2.41 bits per heavy atom. The summed E-state index contributed by atoms with van der Waals surface area (Å²) in [7, 11) is 1.97. The smallest absolute Gasteiger partial charge is 0.231 e. The summed E-state index contributed by atoms with van der Waals surface area (Å²) in [6.07, 6.45) is 5.02. The van der Waals surface area contributed by atoms with Crippen LogP contribution in [0.4, 0.5) is 0 Å². The summed E-state index contributed by atoms with van der Waals surface area (Å²) >= 11 is 0. The molecule has 3 rings (SSSR count). The third-order valence-corrected chi connectivity index (χ3v) is 3.29. The van der Waals surface area contributed by atoms with Gasteiger partial charge < -0.3 is 9.84 Å². The van der Waals surface area contributed by atoms with E-state index in [1.807, 2.05) is 7.05 Å². The molecule has 0 saturated heterocycles. The Kier molecular flexibility index (Phi) is 2.60. The van der Waals surface area contributed by atoms with Crippen LogP contribution in [-0.2, 0) is 0 Å². The summed E-state index contributed by atoms with van der Waals surface area (Å²) in [6, 6.07) is 0.431. The number of rotatable bonds is 3. The molecule has 2 heterocycles. The van der Waals surface area contributed by atoms with Crippen LogP contribution in [0, 0.1) is 0 Å². The monoisotopic (exact) mass is 234 g/mol. The number of aromatic amines is 1. The number of hydrogen-bond donors (Lipinski definition) is 2. The van der Waals surface area contributed by atoms with Crippen molar-refractivity contribution in [1.82, 2.24) is 30.9 Å². The van der Waals surface area contributed by atoms with Gasteiger partial charge in [0.15, 0.2) is 5.69 Å². The Morgan fingerprint density at radius 3 is 3.18 bits per heavy atom. The van der Waals surface area contributed by atoms with Crippen LogP contribution in [0.25, 0.3) is 11.5 Å². The lowest BCUT2D eigenvalue weighted by atomic mass is 10.0. The highest BCUT2D eigenvalue weighted by molar-refractivity contribution is 5.44. The van der Waals surface area contributed by atoms with Crippen LogP contribution in [0.5, 0.6) is 0 Å². The highest BCUT2D eigenvalue weighted by Gasteiger charge is 2.32. The van der Waals surface area contributed by atoms with E-state index in [2.05, 4.69) is 30.9 Å². The van der Waals surface area contributed by atoms with Crippen LogP contribution in [0.15, 0.2) is 10.7 Å². The molecule has 90 valence electrons. The second-order valence-electron chi connectivity index (χ2n) is 4.24. The summed E-state index contributed by atoms with van der Waals surface area (Å²) in [5.74, 6) is 1.50. The molecular weight excluding hydrogens is 220 g/mol. The molecule has 0 amide bonds. The van der Waals surface area contributed by atoms with Gasteiger partial charge in [-0.3, -0.25) is 0 Å². The Morgan fingerprint density at radius 1 is 1.47 bits per heavy atom. The van der Waals surface area contributed by atoms with Crippen LogP contribution >= 0.6 is 0 Å². The van der Waals surface area contributed by atoms with E-state index < -0.39 is 0 Å². The van der Waals surface area contributed by atoms with Crippen LogP contribution in [0.2, 0.25) is 0 Å². The lowest BCUT2D eigenvalue weighted by Gasteiger charge is -2.14. The first-order chi connectivity index (χ1) is 8.38. The molecule has 2 aromatic heterocycles. The normalized spacial score (nSPS) is 24.3. The van der Waals surface area contributed by atoms with Gasteiger partial charge in [0, 0.05) is 6.04 Å². The second-order valence-corrected chi connectivity index (χ2v) is 4.24. The van der Waals surface area contributed by atoms with E-state index >= 15 is 0 Å². The van der Waals surface area contributed by atoms with Crippen LogP contribution in [0.1, 0.15) is 31.1 Å². The Balaban J connectivity index is 1.85. The quantitative estimate of drug-likeness (QED) is 0.812. The van der Waals surface area contributed by atoms with Crippen molar-refractivity contribution in [2.45, 2.75) is 31.2 Å². The van der Waals surface area contributed by atoms with Gasteiger partial charge in [-0.25, -0.2) is 0 Å². The molecule has 7 nitrogen and oxygen atoms in total. The highest BCUT2D eigenvalue weighted by atomic mass is 16.5. The number of nitrogens with zero attached hydrogens (tertiary/aromatic N) is 4. The van der Waals surface area contributed by atoms with Crippen molar-refractivity contribution in [1.29, 1.82) is 0 Å². The Labute approximate surface area is 98.0 Å². The van der Waals surface area contributed by atoms with E-state index in [4.69, 9.17) is 4.52 Å². The van der Waals surface area contributed by atoms with Gasteiger partial charge in [0.2, 0.25) is 11.7 Å². The molecule has 1 aliphatic carbocycles. The summed E-state index contributed by atoms with van der Waals surface area (Å²) in [5, 5.41) is 17.4. The van der Waals surface area contributed by atoms with E-state index in [1.165, 1.54) is 6.42 Å². The summed E-state index contributed by atoms with van der Waals surface area (Å²) in [6.45, 7) is 0. The minimum atomic E-state index is 0.313. The van der Waals surface area contributed by atoms with Gasteiger partial charge in [0.05, 0.1) is 12.1 Å².